The Labute approximate surface area is 139 Å². The zero-order valence-corrected chi connectivity index (χ0v) is 15.2. The Bertz CT molecular complexity index is 341. The highest BCUT2D eigenvalue weighted by Gasteiger charge is 2.00. The summed E-state index contributed by atoms with van der Waals surface area (Å²) in [6, 6.07) is 4.62. The molecule has 0 N–H and O–H groups in total. The van der Waals surface area contributed by atoms with Crippen molar-refractivity contribution in [1.82, 2.24) is 0 Å². The highest BCUT2D eigenvalue weighted by Crippen LogP contribution is 2.12. The minimum absolute atomic E-state index is 1.16. The normalized spacial score (nSPS) is 11.0. The lowest BCUT2D eigenvalue weighted by Crippen LogP contribution is -2.32. The summed E-state index contributed by atoms with van der Waals surface area (Å²) in [5.74, 6) is 0. The molecule has 0 aromatic carbocycles. The topological polar surface area (TPSA) is 3.88 Å². The van der Waals surface area contributed by atoms with Gasteiger partial charge in [-0.15, -0.1) is 0 Å². The van der Waals surface area contributed by atoms with Gasteiger partial charge in [0.15, 0.2) is 12.4 Å². The Kier molecular flexibility index (Phi) is 12.0. The van der Waals surface area contributed by atoms with Crippen LogP contribution in [0.5, 0.6) is 0 Å². The number of hydrogen-bond donors (Lipinski definition) is 0. The van der Waals surface area contributed by atoms with Crippen molar-refractivity contribution >= 4 is 0 Å². The van der Waals surface area contributed by atoms with E-state index in [0.29, 0.717) is 0 Å². The zero-order valence-electron chi connectivity index (χ0n) is 15.2. The van der Waals surface area contributed by atoms with Crippen LogP contribution in [0.2, 0.25) is 0 Å². The van der Waals surface area contributed by atoms with Crippen LogP contribution in [0.1, 0.15) is 96.5 Å². The van der Waals surface area contributed by atoms with Crippen LogP contribution in [-0.4, -0.2) is 0 Å². The first-order chi connectivity index (χ1) is 10.9. The van der Waals surface area contributed by atoms with Gasteiger partial charge in [-0.1, -0.05) is 78.1 Å². The molecule has 1 nitrogen and oxygen atoms in total. The van der Waals surface area contributed by atoms with Gasteiger partial charge in [0.2, 0.25) is 0 Å². The molecule has 0 bridgehead atoms. The minimum atomic E-state index is 1.16. The molecule has 22 heavy (non-hydrogen) atoms. The third-order valence-corrected chi connectivity index (χ3v) is 4.55. The van der Waals surface area contributed by atoms with Crippen molar-refractivity contribution in [3.63, 3.8) is 0 Å². The van der Waals surface area contributed by atoms with E-state index in [-0.39, 0.29) is 0 Å². The summed E-state index contributed by atoms with van der Waals surface area (Å²) in [5.41, 5.74) is 1.51. The number of aromatic nitrogens is 1. The molecular weight excluding hydrogens is 266 g/mol. The number of rotatable bonds is 14. The summed E-state index contributed by atoms with van der Waals surface area (Å²) in [5, 5.41) is 0. The maximum atomic E-state index is 2.31. The predicted octanol–water partition coefficient (Wildman–Crippen LogP) is 6.24. The summed E-state index contributed by atoms with van der Waals surface area (Å²) in [7, 11) is 0. The van der Waals surface area contributed by atoms with Crippen LogP contribution in [0.3, 0.4) is 0 Å². The van der Waals surface area contributed by atoms with Crippen molar-refractivity contribution in [3.05, 3.63) is 30.1 Å². The second kappa shape index (κ2) is 13.8. The maximum Gasteiger partial charge on any atom is 0.169 e. The molecular formula is C21H38N+. The standard InChI is InChI=1S/C21H38N/c1-3-5-7-8-9-10-11-12-13-14-15-21-16-19-22(20-17-21)18-6-4-2/h16-17,19-20H,3-15,18H2,1-2H3/q+1. The lowest BCUT2D eigenvalue weighted by Gasteiger charge is -2.03. The molecule has 126 valence electrons. The number of nitrogens with zero attached hydrogens (tertiary/aromatic N) is 1. The highest BCUT2D eigenvalue weighted by atomic mass is 14.9. The monoisotopic (exact) mass is 304 g/mol. The average molecular weight is 305 g/mol. The molecule has 1 heteroatoms. The van der Waals surface area contributed by atoms with Gasteiger partial charge in [0.05, 0.1) is 0 Å². The smallest absolute Gasteiger partial charge is 0.169 e. The Morgan fingerprint density at radius 2 is 1.14 bits per heavy atom. The highest BCUT2D eigenvalue weighted by molar-refractivity contribution is 5.07. The van der Waals surface area contributed by atoms with E-state index < -0.39 is 0 Å². The van der Waals surface area contributed by atoms with Crippen LogP contribution in [-0.2, 0) is 13.0 Å². The lowest BCUT2D eigenvalue weighted by molar-refractivity contribution is -0.697. The molecule has 0 fully saturated rings. The molecule has 0 saturated heterocycles. The average Bonchev–Trinajstić information content (AvgIpc) is 2.56. The lowest BCUT2D eigenvalue weighted by atomic mass is 10.0. The molecule has 1 aromatic rings. The molecule has 0 aliphatic carbocycles. The fourth-order valence-electron chi connectivity index (χ4n) is 2.96. The quantitative estimate of drug-likeness (QED) is 0.283. The van der Waals surface area contributed by atoms with Gasteiger partial charge in [0.1, 0.15) is 6.54 Å². The fourth-order valence-corrected chi connectivity index (χ4v) is 2.96. The Balaban J connectivity index is 1.96. The van der Waals surface area contributed by atoms with E-state index >= 15 is 0 Å². The summed E-state index contributed by atoms with van der Waals surface area (Å²) >= 11 is 0. The molecule has 0 aliphatic heterocycles. The summed E-state index contributed by atoms with van der Waals surface area (Å²) in [6.45, 7) is 5.70. The molecule has 0 amide bonds. The second-order valence-electron chi connectivity index (χ2n) is 6.73. The van der Waals surface area contributed by atoms with Gasteiger partial charge >= 0.3 is 0 Å². The molecule has 0 atom stereocenters. The third kappa shape index (κ3) is 9.97. The van der Waals surface area contributed by atoms with E-state index in [9.17, 15) is 0 Å². The maximum absolute atomic E-state index is 2.31. The summed E-state index contributed by atoms with van der Waals surface area (Å²) < 4.78 is 2.31. The van der Waals surface area contributed by atoms with E-state index in [1.54, 1.807) is 0 Å². The minimum Gasteiger partial charge on any atom is -0.205 e. The van der Waals surface area contributed by atoms with Gasteiger partial charge < -0.3 is 0 Å². The Morgan fingerprint density at radius 1 is 0.636 bits per heavy atom. The number of pyridine rings is 1. The number of unbranched alkanes of at least 4 members (excludes halogenated alkanes) is 10. The number of aryl methyl sites for hydroxylation is 2. The van der Waals surface area contributed by atoms with Gasteiger partial charge in [-0.3, -0.25) is 0 Å². The van der Waals surface area contributed by atoms with Crippen LogP contribution in [0, 0.1) is 0 Å². The summed E-state index contributed by atoms with van der Waals surface area (Å²) in [4.78, 5) is 0. The Hall–Kier alpha value is -0.850. The van der Waals surface area contributed by atoms with Crippen molar-refractivity contribution in [2.75, 3.05) is 0 Å². The molecule has 0 spiro atoms. The van der Waals surface area contributed by atoms with Gasteiger partial charge in [0.25, 0.3) is 0 Å². The van der Waals surface area contributed by atoms with Crippen LogP contribution in [0.4, 0.5) is 0 Å². The molecule has 1 aromatic heterocycles. The van der Waals surface area contributed by atoms with E-state index in [4.69, 9.17) is 0 Å². The first kappa shape index (κ1) is 19.2. The molecule has 1 rings (SSSR count). The molecule has 0 aliphatic rings. The van der Waals surface area contributed by atoms with Crippen molar-refractivity contribution < 1.29 is 4.57 Å². The summed E-state index contributed by atoms with van der Waals surface area (Å²) in [6.07, 6.45) is 22.5. The first-order valence-corrected chi connectivity index (χ1v) is 9.84. The zero-order chi connectivity index (χ0) is 15.9. The van der Waals surface area contributed by atoms with Gasteiger partial charge in [-0.05, 0) is 18.4 Å². The van der Waals surface area contributed by atoms with Crippen molar-refractivity contribution in [1.29, 1.82) is 0 Å². The van der Waals surface area contributed by atoms with Gasteiger partial charge in [-0.2, -0.15) is 0 Å². The Morgan fingerprint density at radius 3 is 1.68 bits per heavy atom. The fraction of sp³-hybridized carbons (Fsp3) is 0.762. The number of hydrogen-bond acceptors (Lipinski definition) is 0. The van der Waals surface area contributed by atoms with Gasteiger partial charge in [0, 0.05) is 18.6 Å². The third-order valence-electron chi connectivity index (χ3n) is 4.55. The van der Waals surface area contributed by atoms with E-state index in [1.165, 1.54) is 89.0 Å². The van der Waals surface area contributed by atoms with E-state index in [1.807, 2.05) is 0 Å². The first-order valence-electron chi connectivity index (χ1n) is 9.84. The SMILES string of the molecule is CCCCCCCCCCCCc1cc[n+](CCCC)cc1. The van der Waals surface area contributed by atoms with Gasteiger partial charge in [-0.25, -0.2) is 4.57 Å². The van der Waals surface area contributed by atoms with E-state index in [0.717, 1.165) is 6.54 Å². The molecule has 0 unspecified atom stereocenters. The molecule has 0 saturated carbocycles. The van der Waals surface area contributed by atoms with Crippen LogP contribution < -0.4 is 4.57 Å². The largest absolute Gasteiger partial charge is 0.205 e. The van der Waals surface area contributed by atoms with E-state index in [2.05, 4.69) is 42.9 Å². The van der Waals surface area contributed by atoms with Crippen LogP contribution in [0.25, 0.3) is 0 Å². The predicted molar refractivity (Wildman–Crippen MR) is 97.1 cm³/mol. The van der Waals surface area contributed by atoms with Crippen molar-refractivity contribution in [2.45, 2.75) is 104 Å². The molecule has 1 heterocycles. The van der Waals surface area contributed by atoms with Crippen LogP contribution in [0.15, 0.2) is 24.5 Å². The second-order valence-corrected chi connectivity index (χ2v) is 6.73. The van der Waals surface area contributed by atoms with Crippen molar-refractivity contribution in [3.8, 4) is 0 Å². The molecule has 0 radical (unpaired) electrons. The van der Waals surface area contributed by atoms with Crippen LogP contribution >= 0.6 is 0 Å². The van der Waals surface area contributed by atoms with Crippen molar-refractivity contribution in [2.24, 2.45) is 0 Å².